The van der Waals surface area contributed by atoms with E-state index >= 15 is 0 Å². The standard InChI is InChI=1S/C11H21N3O/c1-8-6-9(13-11(15)4-5-12)7-14(8)10-2-3-10/h8-10H,2-7,12H2,1H3,(H,13,15). The van der Waals surface area contributed by atoms with Crippen molar-refractivity contribution in [3.63, 3.8) is 0 Å². The Bertz CT molecular complexity index is 240. The highest BCUT2D eigenvalue weighted by Crippen LogP contribution is 2.33. The van der Waals surface area contributed by atoms with Crippen LogP contribution in [0.2, 0.25) is 0 Å². The molecular weight excluding hydrogens is 190 g/mol. The Morgan fingerprint density at radius 2 is 2.27 bits per heavy atom. The summed E-state index contributed by atoms with van der Waals surface area (Å²) in [5.74, 6) is 0.104. The van der Waals surface area contributed by atoms with E-state index in [2.05, 4.69) is 17.1 Å². The molecule has 1 saturated heterocycles. The molecule has 0 spiro atoms. The van der Waals surface area contributed by atoms with Gasteiger partial charge >= 0.3 is 0 Å². The second kappa shape index (κ2) is 4.49. The van der Waals surface area contributed by atoms with E-state index in [1.165, 1.54) is 12.8 Å². The number of rotatable bonds is 4. The first-order valence-electron chi connectivity index (χ1n) is 5.96. The van der Waals surface area contributed by atoms with Crippen molar-refractivity contribution in [1.29, 1.82) is 0 Å². The average Bonchev–Trinajstić information content (AvgIpc) is 2.93. The second-order valence-corrected chi connectivity index (χ2v) is 4.82. The number of nitrogens with two attached hydrogens (primary N) is 1. The van der Waals surface area contributed by atoms with Crippen LogP contribution in [0.15, 0.2) is 0 Å². The Balaban J connectivity index is 1.78. The number of nitrogens with zero attached hydrogens (tertiary/aromatic N) is 1. The highest BCUT2D eigenvalue weighted by molar-refractivity contribution is 5.76. The lowest BCUT2D eigenvalue weighted by molar-refractivity contribution is -0.121. The van der Waals surface area contributed by atoms with Crippen LogP contribution < -0.4 is 11.1 Å². The monoisotopic (exact) mass is 211 g/mol. The van der Waals surface area contributed by atoms with E-state index in [4.69, 9.17) is 5.73 Å². The Kier molecular flexibility index (Phi) is 3.26. The van der Waals surface area contributed by atoms with Gasteiger partial charge in [0.2, 0.25) is 5.91 Å². The van der Waals surface area contributed by atoms with Crippen molar-refractivity contribution in [2.24, 2.45) is 5.73 Å². The van der Waals surface area contributed by atoms with E-state index in [9.17, 15) is 4.79 Å². The van der Waals surface area contributed by atoms with Crippen LogP contribution in [-0.4, -0.2) is 42.0 Å². The minimum atomic E-state index is 0.104. The molecule has 1 amide bonds. The highest BCUT2D eigenvalue weighted by Gasteiger charge is 2.38. The van der Waals surface area contributed by atoms with Gasteiger partial charge in [-0.1, -0.05) is 0 Å². The predicted molar refractivity (Wildman–Crippen MR) is 59.4 cm³/mol. The maximum atomic E-state index is 11.4. The Morgan fingerprint density at radius 3 is 2.87 bits per heavy atom. The smallest absolute Gasteiger partial charge is 0.221 e. The molecule has 1 aliphatic carbocycles. The number of carbonyl (C=O) groups excluding carboxylic acids is 1. The molecule has 86 valence electrons. The molecule has 2 aliphatic rings. The first-order chi connectivity index (χ1) is 7.20. The molecule has 0 bridgehead atoms. The fourth-order valence-corrected chi connectivity index (χ4v) is 2.51. The molecule has 0 radical (unpaired) electrons. The molecular formula is C11H21N3O. The molecule has 1 heterocycles. The lowest BCUT2D eigenvalue weighted by Crippen LogP contribution is -2.38. The van der Waals surface area contributed by atoms with Gasteiger partial charge in [0.05, 0.1) is 0 Å². The molecule has 4 heteroatoms. The molecule has 2 rings (SSSR count). The van der Waals surface area contributed by atoms with Crippen LogP contribution in [0.3, 0.4) is 0 Å². The molecule has 0 aromatic rings. The van der Waals surface area contributed by atoms with Crippen LogP contribution in [0.4, 0.5) is 0 Å². The molecule has 15 heavy (non-hydrogen) atoms. The van der Waals surface area contributed by atoms with E-state index in [-0.39, 0.29) is 5.91 Å². The molecule has 2 unspecified atom stereocenters. The molecule has 2 atom stereocenters. The largest absolute Gasteiger partial charge is 0.352 e. The fraction of sp³-hybridized carbons (Fsp3) is 0.909. The summed E-state index contributed by atoms with van der Waals surface area (Å²) in [7, 11) is 0. The van der Waals surface area contributed by atoms with Gasteiger partial charge in [0.1, 0.15) is 0 Å². The summed E-state index contributed by atoms with van der Waals surface area (Å²) in [5, 5.41) is 3.06. The summed E-state index contributed by atoms with van der Waals surface area (Å²) in [6.45, 7) is 3.73. The van der Waals surface area contributed by atoms with Gasteiger partial charge in [-0.25, -0.2) is 0 Å². The van der Waals surface area contributed by atoms with Gasteiger partial charge in [-0.2, -0.15) is 0 Å². The molecule has 3 N–H and O–H groups in total. The van der Waals surface area contributed by atoms with Crippen molar-refractivity contribution < 1.29 is 4.79 Å². The van der Waals surface area contributed by atoms with Gasteiger partial charge in [-0.3, -0.25) is 9.69 Å². The van der Waals surface area contributed by atoms with E-state index in [0.29, 0.717) is 25.0 Å². The van der Waals surface area contributed by atoms with Crippen molar-refractivity contribution >= 4 is 5.91 Å². The van der Waals surface area contributed by atoms with Crippen molar-refractivity contribution in [3.05, 3.63) is 0 Å². The maximum absolute atomic E-state index is 11.4. The molecule has 2 fully saturated rings. The van der Waals surface area contributed by atoms with E-state index in [1.54, 1.807) is 0 Å². The lowest BCUT2D eigenvalue weighted by atomic mass is 10.2. The summed E-state index contributed by atoms with van der Waals surface area (Å²) < 4.78 is 0. The van der Waals surface area contributed by atoms with Crippen molar-refractivity contribution in [1.82, 2.24) is 10.2 Å². The van der Waals surface area contributed by atoms with E-state index in [0.717, 1.165) is 19.0 Å². The quantitative estimate of drug-likeness (QED) is 0.692. The summed E-state index contributed by atoms with van der Waals surface area (Å²) in [5.41, 5.74) is 5.35. The predicted octanol–water partition coefficient (Wildman–Crippen LogP) is 0.0766. The second-order valence-electron chi connectivity index (χ2n) is 4.82. The molecule has 4 nitrogen and oxygen atoms in total. The third-order valence-corrected chi connectivity index (χ3v) is 3.38. The third kappa shape index (κ3) is 2.69. The Morgan fingerprint density at radius 1 is 1.53 bits per heavy atom. The Labute approximate surface area is 91.2 Å². The summed E-state index contributed by atoms with van der Waals surface area (Å²) in [6.07, 6.45) is 4.22. The number of hydrogen-bond donors (Lipinski definition) is 2. The third-order valence-electron chi connectivity index (χ3n) is 3.38. The van der Waals surface area contributed by atoms with Crippen molar-refractivity contribution in [2.75, 3.05) is 13.1 Å². The first kappa shape index (κ1) is 10.9. The van der Waals surface area contributed by atoms with Gasteiger partial charge in [-0.05, 0) is 26.2 Å². The molecule has 0 aromatic carbocycles. The van der Waals surface area contributed by atoms with E-state index in [1.807, 2.05) is 0 Å². The average molecular weight is 211 g/mol. The number of likely N-dealkylation sites (tertiary alicyclic amines) is 1. The van der Waals surface area contributed by atoms with Gasteiger partial charge < -0.3 is 11.1 Å². The van der Waals surface area contributed by atoms with Crippen LogP contribution >= 0.6 is 0 Å². The van der Waals surface area contributed by atoms with Crippen LogP contribution in [0.1, 0.15) is 32.6 Å². The van der Waals surface area contributed by atoms with Gasteiger partial charge in [-0.15, -0.1) is 0 Å². The van der Waals surface area contributed by atoms with Crippen LogP contribution in [0, 0.1) is 0 Å². The van der Waals surface area contributed by atoms with Crippen LogP contribution in [0.25, 0.3) is 0 Å². The zero-order valence-electron chi connectivity index (χ0n) is 9.41. The van der Waals surface area contributed by atoms with Crippen molar-refractivity contribution in [3.8, 4) is 0 Å². The normalized spacial score (nSPS) is 31.9. The molecule has 1 aliphatic heterocycles. The maximum Gasteiger partial charge on any atom is 0.221 e. The van der Waals surface area contributed by atoms with Gasteiger partial charge in [0, 0.05) is 37.6 Å². The van der Waals surface area contributed by atoms with E-state index < -0.39 is 0 Å². The number of nitrogens with one attached hydrogen (secondary N) is 1. The minimum Gasteiger partial charge on any atom is -0.352 e. The summed E-state index contributed by atoms with van der Waals surface area (Å²) in [6, 6.07) is 1.77. The van der Waals surface area contributed by atoms with Crippen LogP contribution in [0.5, 0.6) is 0 Å². The Hall–Kier alpha value is -0.610. The minimum absolute atomic E-state index is 0.104. The van der Waals surface area contributed by atoms with Gasteiger partial charge in [0.25, 0.3) is 0 Å². The highest BCUT2D eigenvalue weighted by atomic mass is 16.1. The summed E-state index contributed by atoms with van der Waals surface area (Å²) in [4.78, 5) is 13.9. The number of hydrogen-bond acceptors (Lipinski definition) is 3. The zero-order chi connectivity index (χ0) is 10.8. The van der Waals surface area contributed by atoms with Crippen LogP contribution in [-0.2, 0) is 4.79 Å². The molecule has 1 saturated carbocycles. The number of carbonyl (C=O) groups is 1. The van der Waals surface area contributed by atoms with Crippen molar-refractivity contribution in [2.45, 2.75) is 50.7 Å². The summed E-state index contributed by atoms with van der Waals surface area (Å²) >= 11 is 0. The lowest BCUT2D eigenvalue weighted by Gasteiger charge is -2.19. The topological polar surface area (TPSA) is 58.4 Å². The number of amides is 1. The first-order valence-corrected chi connectivity index (χ1v) is 5.96. The molecule has 0 aromatic heterocycles. The zero-order valence-corrected chi connectivity index (χ0v) is 9.41. The fourth-order valence-electron chi connectivity index (χ4n) is 2.51. The SMILES string of the molecule is CC1CC(NC(=O)CCN)CN1C1CC1. The van der Waals surface area contributed by atoms with Gasteiger partial charge in [0.15, 0.2) is 0 Å².